The number of carboxylic acids is 1. The van der Waals surface area contributed by atoms with E-state index < -0.39 is 11.8 Å². The number of carboxylic acid groups (broad SMARTS) is 1. The summed E-state index contributed by atoms with van der Waals surface area (Å²) in [5.74, 6) is -0.714. The van der Waals surface area contributed by atoms with E-state index in [9.17, 15) is 9.18 Å². The standard InChI is InChI=1S/C14H16FNO3/c15-11-5-8(14(17)18)3-4-12(11)19-13-9-1-2-10(13)7-16-6-9/h3-5,9-10,13,16H,1-2,6-7H2,(H,17,18). The van der Waals surface area contributed by atoms with Gasteiger partial charge in [0.15, 0.2) is 11.6 Å². The Balaban J connectivity index is 1.78. The van der Waals surface area contributed by atoms with Crippen LogP contribution in [0, 0.1) is 17.7 Å². The molecule has 0 radical (unpaired) electrons. The number of carbonyl (C=O) groups is 1. The summed E-state index contributed by atoms with van der Waals surface area (Å²) in [5.41, 5.74) is -0.0573. The third kappa shape index (κ3) is 2.30. The first-order valence-electron chi connectivity index (χ1n) is 6.55. The van der Waals surface area contributed by atoms with E-state index in [0.717, 1.165) is 32.0 Å². The van der Waals surface area contributed by atoms with Gasteiger partial charge in [-0.25, -0.2) is 9.18 Å². The van der Waals surface area contributed by atoms with Gasteiger partial charge in [-0.1, -0.05) is 0 Å². The van der Waals surface area contributed by atoms with Gasteiger partial charge in [0.1, 0.15) is 6.10 Å². The summed E-state index contributed by atoms with van der Waals surface area (Å²) in [6.45, 7) is 1.83. The lowest BCUT2D eigenvalue weighted by molar-refractivity contribution is 0.0695. The molecule has 1 aromatic carbocycles. The fourth-order valence-electron chi connectivity index (χ4n) is 3.10. The van der Waals surface area contributed by atoms with Crippen LogP contribution in [0.25, 0.3) is 0 Å². The van der Waals surface area contributed by atoms with Crippen molar-refractivity contribution in [3.63, 3.8) is 0 Å². The van der Waals surface area contributed by atoms with Crippen molar-refractivity contribution in [2.24, 2.45) is 11.8 Å². The molecule has 2 bridgehead atoms. The summed E-state index contributed by atoms with van der Waals surface area (Å²) in [6, 6.07) is 3.81. The molecular formula is C14H16FNO3. The number of fused-ring (bicyclic) bond motifs is 2. The first-order chi connectivity index (χ1) is 9.15. The minimum Gasteiger partial charge on any atom is -0.487 e. The highest BCUT2D eigenvalue weighted by Gasteiger charge is 2.40. The van der Waals surface area contributed by atoms with E-state index in [1.807, 2.05) is 0 Å². The maximum Gasteiger partial charge on any atom is 0.335 e. The lowest BCUT2D eigenvalue weighted by Gasteiger charge is -2.31. The number of rotatable bonds is 3. The normalized spacial score (nSPS) is 29.2. The van der Waals surface area contributed by atoms with Crippen LogP contribution in [0.15, 0.2) is 18.2 Å². The average Bonchev–Trinajstić information content (AvgIpc) is 2.62. The number of hydrogen-bond donors (Lipinski definition) is 2. The van der Waals surface area contributed by atoms with Gasteiger partial charge in [-0.15, -0.1) is 0 Å². The molecule has 1 saturated carbocycles. The van der Waals surface area contributed by atoms with Crippen molar-refractivity contribution < 1.29 is 19.0 Å². The molecule has 2 atom stereocenters. The molecule has 4 nitrogen and oxygen atoms in total. The fraction of sp³-hybridized carbons (Fsp3) is 0.500. The predicted octanol–water partition coefficient (Wildman–Crippen LogP) is 1.90. The molecule has 5 heteroatoms. The topological polar surface area (TPSA) is 58.6 Å². The average molecular weight is 265 g/mol. The van der Waals surface area contributed by atoms with Crippen LogP contribution < -0.4 is 10.1 Å². The Bertz CT molecular complexity index is 489. The van der Waals surface area contributed by atoms with Gasteiger partial charge >= 0.3 is 5.97 Å². The molecule has 2 aliphatic rings. The first kappa shape index (κ1) is 12.4. The van der Waals surface area contributed by atoms with E-state index in [2.05, 4.69) is 5.32 Å². The number of ether oxygens (including phenoxy) is 1. The van der Waals surface area contributed by atoms with Crippen LogP contribution in [0.1, 0.15) is 23.2 Å². The second-order valence-corrected chi connectivity index (χ2v) is 5.29. The molecule has 0 aromatic heterocycles. The first-order valence-corrected chi connectivity index (χ1v) is 6.55. The van der Waals surface area contributed by atoms with Gasteiger partial charge in [0, 0.05) is 24.9 Å². The van der Waals surface area contributed by atoms with E-state index in [1.54, 1.807) is 0 Å². The predicted molar refractivity (Wildman–Crippen MR) is 66.9 cm³/mol. The van der Waals surface area contributed by atoms with E-state index >= 15 is 0 Å². The van der Waals surface area contributed by atoms with E-state index in [0.29, 0.717) is 11.8 Å². The van der Waals surface area contributed by atoms with Crippen molar-refractivity contribution >= 4 is 5.97 Å². The highest BCUT2D eigenvalue weighted by molar-refractivity contribution is 5.87. The molecule has 2 N–H and O–H groups in total. The number of benzene rings is 1. The maximum atomic E-state index is 13.8. The Hall–Kier alpha value is -1.62. The van der Waals surface area contributed by atoms with Crippen LogP contribution in [0.4, 0.5) is 4.39 Å². The molecule has 3 rings (SSSR count). The van der Waals surface area contributed by atoms with Gasteiger partial charge in [-0.05, 0) is 31.0 Å². The van der Waals surface area contributed by atoms with Gasteiger partial charge < -0.3 is 15.2 Å². The SMILES string of the molecule is O=C(O)c1ccc(OC2C3CCC2CNC3)c(F)c1. The molecule has 1 aliphatic carbocycles. The van der Waals surface area contributed by atoms with Gasteiger partial charge in [0.05, 0.1) is 5.56 Å². The Morgan fingerprint density at radius 2 is 2.00 bits per heavy atom. The van der Waals surface area contributed by atoms with Crippen LogP contribution in [0.3, 0.4) is 0 Å². The molecule has 102 valence electrons. The summed E-state index contributed by atoms with van der Waals surface area (Å²) < 4.78 is 19.6. The van der Waals surface area contributed by atoms with Gasteiger partial charge in [-0.3, -0.25) is 0 Å². The second kappa shape index (κ2) is 4.81. The molecule has 2 unspecified atom stereocenters. The van der Waals surface area contributed by atoms with Crippen molar-refractivity contribution in [1.82, 2.24) is 5.32 Å². The van der Waals surface area contributed by atoms with Gasteiger partial charge in [-0.2, -0.15) is 0 Å². The minimum atomic E-state index is -1.13. The van der Waals surface area contributed by atoms with Crippen molar-refractivity contribution in [2.75, 3.05) is 13.1 Å². The largest absolute Gasteiger partial charge is 0.487 e. The van der Waals surface area contributed by atoms with Gasteiger partial charge in [0.2, 0.25) is 0 Å². The third-order valence-corrected chi connectivity index (χ3v) is 4.09. The fourth-order valence-corrected chi connectivity index (χ4v) is 3.10. The Morgan fingerprint density at radius 3 is 2.58 bits per heavy atom. The van der Waals surface area contributed by atoms with Crippen molar-refractivity contribution in [1.29, 1.82) is 0 Å². The van der Waals surface area contributed by atoms with Crippen molar-refractivity contribution in [3.05, 3.63) is 29.6 Å². The summed E-state index contributed by atoms with van der Waals surface area (Å²) in [7, 11) is 0. The van der Waals surface area contributed by atoms with E-state index in [4.69, 9.17) is 9.84 Å². The summed E-state index contributed by atoms with van der Waals surface area (Å²) >= 11 is 0. The number of nitrogens with one attached hydrogen (secondary N) is 1. The number of aromatic carboxylic acids is 1. The van der Waals surface area contributed by atoms with Gasteiger partial charge in [0.25, 0.3) is 0 Å². The highest BCUT2D eigenvalue weighted by atomic mass is 19.1. The van der Waals surface area contributed by atoms with Crippen LogP contribution in [-0.4, -0.2) is 30.3 Å². The molecule has 19 heavy (non-hydrogen) atoms. The third-order valence-electron chi connectivity index (χ3n) is 4.09. The Morgan fingerprint density at radius 1 is 1.32 bits per heavy atom. The second-order valence-electron chi connectivity index (χ2n) is 5.29. The maximum absolute atomic E-state index is 13.8. The quantitative estimate of drug-likeness (QED) is 0.876. The molecule has 1 saturated heterocycles. The van der Waals surface area contributed by atoms with Crippen LogP contribution in [0.5, 0.6) is 5.75 Å². The summed E-state index contributed by atoms with van der Waals surface area (Å²) in [5, 5.41) is 12.1. The zero-order chi connectivity index (χ0) is 13.4. The van der Waals surface area contributed by atoms with Crippen LogP contribution in [0.2, 0.25) is 0 Å². The lowest BCUT2D eigenvalue weighted by atomic mass is 9.96. The molecule has 1 aromatic rings. The molecular weight excluding hydrogens is 249 g/mol. The number of halogens is 1. The molecule has 1 heterocycles. The van der Waals surface area contributed by atoms with Crippen LogP contribution in [-0.2, 0) is 0 Å². The smallest absolute Gasteiger partial charge is 0.335 e. The Labute approximate surface area is 110 Å². The molecule has 0 spiro atoms. The lowest BCUT2D eigenvalue weighted by Crippen LogP contribution is -2.44. The number of hydrogen-bond acceptors (Lipinski definition) is 3. The van der Waals surface area contributed by atoms with Crippen LogP contribution >= 0.6 is 0 Å². The number of piperidine rings is 1. The molecule has 2 fully saturated rings. The van der Waals surface area contributed by atoms with Crippen molar-refractivity contribution in [2.45, 2.75) is 18.9 Å². The molecule has 1 aliphatic heterocycles. The zero-order valence-corrected chi connectivity index (χ0v) is 10.4. The molecule has 0 amide bonds. The summed E-state index contributed by atoms with van der Waals surface area (Å²) in [6.07, 6.45) is 2.26. The van der Waals surface area contributed by atoms with E-state index in [-0.39, 0.29) is 17.4 Å². The van der Waals surface area contributed by atoms with E-state index in [1.165, 1.54) is 12.1 Å². The Kier molecular flexibility index (Phi) is 3.14. The monoisotopic (exact) mass is 265 g/mol. The zero-order valence-electron chi connectivity index (χ0n) is 10.4. The van der Waals surface area contributed by atoms with Crippen molar-refractivity contribution in [3.8, 4) is 5.75 Å². The highest BCUT2D eigenvalue weighted by Crippen LogP contribution is 2.37. The summed E-state index contributed by atoms with van der Waals surface area (Å²) in [4.78, 5) is 10.8. The minimum absolute atomic E-state index is 0.0476.